The van der Waals surface area contributed by atoms with Crippen LogP contribution >= 0.6 is 0 Å². The summed E-state index contributed by atoms with van der Waals surface area (Å²) in [4.78, 5) is 6.95. The number of fused-ring (bicyclic) bond motifs is 2. The molecular formula is C20H23FN2O. The first-order valence-corrected chi connectivity index (χ1v) is 8.80. The van der Waals surface area contributed by atoms with Crippen molar-refractivity contribution in [3.05, 3.63) is 47.9 Å². The summed E-state index contributed by atoms with van der Waals surface area (Å²) in [6, 6.07) is 9.03. The van der Waals surface area contributed by atoms with Crippen LogP contribution in [0.2, 0.25) is 0 Å². The second kappa shape index (κ2) is 6.52. The van der Waals surface area contributed by atoms with Gasteiger partial charge >= 0.3 is 0 Å². The lowest BCUT2D eigenvalue weighted by Crippen LogP contribution is -2.49. The molecular weight excluding hydrogens is 303 g/mol. The zero-order valence-electron chi connectivity index (χ0n) is 14.0. The molecule has 24 heavy (non-hydrogen) atoms. The van der Waals surface area contributed by atoms with E-state index in [1.165, 1.54) is 19.4 Å². The molecule has 2 fully saturated rings. The molecule has 4 heteroatoms. The normalized spacial score (nSPS) is 26.2. The van der Waals surface area contributed by atoms with E-state index in [0.717, 1.165) is 30.6 Å². The zero-order valence-corrected chi connectivity index (χ0v) is 14.0. The van der Waals surface area contributed by atoms with Gasteiger partial charge in [-0.2, -0.15) is 0 Å². The first-order valence-electron chi connectivity index (χ1n) is 8.80. The van der Waals surface area contributed by atoms with Crippen LogP contribution in [0, 0.1) is 18.7 Å². The minimum absolute atomic E-state index is 0.208. The predicted molar refractivity (Wildman–Crippen MR) is 92.6 cm³/mol. The van der Waals surface area contributed by atoms with Crippen LogP contribution in [0.15, 0.2) is 36.5 Å². The van der Waals surface area contributed by atoms with Crippen molar-refractivity contribution in [2.75, 3.05) is 19.6 Å². The summed E-state index contributed by atoms with van der Waals surface area (Å²) in [5.74, 6) is 1.05. The Balaban J connectivity index is 1.47. The highest BCUT2D eigenvalue weighted by atomic mass is 19.1. The van der Waals surface area contributed by atoms with Gasteiger partial charge in [0.15, 0.2) is 0 Å². The molecule has 0 radical (unpaired) electrons. The topological polar surface area (TPSA) is 25.4 Å². The van der Waals surface area contributed by atoms with Gasteiger partial charge in [-0.25, -0.2) is 9.37 Å². The highest BCUT2D eigenvalue weighted by molar-refractivity contribution is 5.63. The fraction of sp³-hybridized carbons (Fsp3) is 0.450. The minimum atomic E-state index is -0.208. The van der Waals surface area contributed by atoms with Gasteiger partial charge in [-0.05, 0) is 50.4 Å². The third-order valence-corrected chi connectivity index (χ3v) is 5.24. The van der Waals surface area contributed by atoms with Gasteiger partial charge in [0.1, 0.15) is 11.9 Å². The number of hydrogen-bond acceptors (Lipinski definition) is 3. The predicted octanol–water partition coefficient (Wildman–Crippen LogP) is 4.06. The van der Waals surface area contributed by atoms with Gasteiger partial charge in [0.2, 0.25) is 5.88 Å². The Bertz CT molecular complexity index is 716. The fourth-order valence-electron chi connectivity index (χ4n) is 3.92. The molecule has 4 rings (SSSR count). The third kappa shape index (κ3) is 3.16. The third-order valence-electron chi connectivity index (χ3n) is 5.24. The summed E-state index contributed by atoms with van der Waals surface area (Å²) < 4.78 is 20.2. The lowest BCUT2D eigenvalue weighted by atomic mass is 9.87. The first kappa shape index (κ1) is 15.6. The Hall–Kier alpha value is -1.94. The number of aromatic nitrogens is 1. The molecule has 2 bridgehead atoms. The Morgan fingerprint density at radius 2 is 2.08 bits per heavy atom. The number of rotatable bonds is 3. The van der Waals surface area contributed by atoms with Crippen molar-refractivity contribution >= 4 is 0 Å². The molecule has 1 aromatic carbocycles. The second-order valence-electron chi connectivity index (χ2n) is 7.02. The standard InChI is InChI=1S/C20H23FN2O/c1-14-4-6-17(18(21)11-14)15-5-7-20(22-12-15)24-19-8-10-23-9-2-3-16(19)13-23/h4-7,11-12,16,19H,2-3,8-10,13H2,1H3. The molecule has 0 amide bonds. The Morgan fingerprint density at radius 1 is 1.17 bits per heavy atom. The summed E-state index contributed by atoms with van der Waals surface area (Å²) in [5.41, 5.74) is 2.29. The van der Waals surface area contributed by atoms with Gasteiger partial charge in [-0.1, -0.05) is 12.1 Å². The Morgan fingerprint density at radius 3 is 2.88 bits per heavy atom. The molecule has 3 atom stereocenters. The van der Waals surface area contributed by atoms with Gasteiger partial charge in [0.05, 0.1) is 0 Å². The summed E-state index contributed by atoms with van der Waals surface area (Å²) in [7, 11) is 0. The number of nitrogens with zero attached hydrogens (tertiary/aromatic N) is 2. The lowest BCUT2D eigenvalue weighted by molar-refractivity contribution is 0.0128. The molecule has 0 N–H and O–H groups in total. The van der Waals surface area contributed by atoms with Crippen molar-refractivity contribution in [2.24, 2.45) is 5.92 Å². The number of hydrogen-bond donors (Lipinski definition) is 0. The zero-order chi connectivity index (χ0) is 16.5. The molecule has 2 saturated heterocycles. The number of benzene rings is 1. The van der Waals surface area contributed by atoms with Crippen LogP contribution in [-0.2, 0) is 0 Å². The fourth-order valence-corrected chi connectivity index (χ4v) is 3.92. The molecule has 2 aliphatic heterocycles. The van der Waals surface area contributed by atoms with Gasteiger partial charge < -0.3 is 9.64 Å². The Kier molecular flexibility index (Phi) is 4.23. The van der Waals surface area contributed by atoms with Crippen molar-refractivity contribution in [3.63, 3.8) is 0 Å². The van der Waals surface area contributed by atoms with E-state index in [2.05, 4.69) is 9.88 Å². The summed E-state index contributed by atoms with van der Waals surface area (Å²) in [5, 5.41) is 0. The van der Waals surface area contributed by atoms with Gasteiger partial charge in [-0.3, -0.25) is 0 Å². The number of ether oxygens (including phenoxy) is 1. The van der Waals surface area contributed by atoms with Gasteiger partial charge in [-0.15, -0.1) is 0 Å². The van der Waals surface area contributed by atoms with E-state index in [1.807, 2.05) is 25.1 Å². The molecule has 126 valence electrons. The van der Waals surface area contributed by atoms with Crippen LogP contribution in [-0.4, -0.2) is 35.6 Å². The van der Waals surface area contributed by atoms with E-state index in [1.54, 1.807) is 18.3 Å². The van der Waals surface area contributed by atoms with Crippen LogP contribution in [0.5, 0.6) is 5.88 Å². The van der Waals surface area contributed by atoms with Crippen LogP contribution in [0.1, 0.15) is 24.8 Å². The maximum absolute atomic E-state index is 14.1. The summed E-state index contributed by atoms with van der Waals surface area (Å²) in [6.07, 6.45) is 5.55. The van der Waals surface area contributed by atoms with Crippen molar-refractivity contribution < 1.29 is 9.13 Å². The molecule has 0 saturated carbocycles. The van der Waals surface area contributed by atoms with E-state index in [0.29, 0.717) is 17.4 Å². The van der Waals surface area contributed by atoms with Gasteiger partial charge in [0.25, 0.3) is 0 Å². The smallest absolute Gasteiger partial charge is 0.213 e. The number of aryl methyl sites for hydroxylation is 1. The largest absolute Gasteiger partial charge is 0.474 e. The summed E-state index contributed by atoms with van der Waals surface area (Å²) >= 11 is 0. The number of halogens is 1. The maximum Gasteiger partial charge on any atom is 0.213 e. The van der Waals surface area contributed by atoms with Crippen LogP contribution in [0.3, 0.4) is 0 Å². The van der Waals surface area contributed by atoms with Crippen LogP contribution in [0.25, 0.3) is 11.1 Å². The average Bonchev–Trinajstić information content (AvgIpc) is 2.59. The number of piperidine rings is 2. The molecule has 0 aliphatic carbocycles. The lowest BCUT2D eigenvalue weighted by Gasteiger charge is -2.42. The van der Waals surface area contributed by atoms with Gasteiger partial charge in [0, 0.05) is 42.4 Å². The van der Waals surface area contributed by atoms with Crippen molar-refractivity contribution in [1.82, 2.24) is 9.88 Å². The molecule has 2 aromatic rings. The molecule has 3 unspecified atom stereocenters. The Labute approximate surface area is 142 Å². The minimum Gasteiger partial charge on any atom is -0.474 e. The van der Waals surface area contributed by atoms with E-state index in [9.17, 15) is 4.39 Å². The quantitative estimate of drug-likeness (QED) is 0.850. The van der Waals surface area contributed by atoms with Crippen molar-refractivity contribution in [1.29, 1.82) is 0 Å². The first-order chi connectivity index (χ1) is 11.7. The average molecular weight is 326 g/mol. The van der Waals surface area contributed by atoms with E-state index in [4.69, 9.17) is 4.74 Å². The monoisotopic (exact) mass is 326 g/mol. The molecule has 2 aliphatic rings. The van der Waals surface area contributed by atoms with E-state index < -0.39 is 0 Å². The van der Waals surface area contributed by atoms with Crippen molar-refractivity contribution in [3.8, 4) is 17.0 Å². The highest BCUT2D eigenvalue weighted by Gasteiger charge is 2.33. The molecule has 3 heterocycles. The van der Waals surface area contributed by atoms with Crippen LogP contribution in [0.4, 0.5) is 4.39 Å². The maximum atomic E-state index is 14.1. The molecule has 0 spiro atoms. The van der Waals surface area contributed by atoms with Crippen molar-refractivity contribution in [2.45, 2.75) is 32.3 Å². The van der Waals surface area contributed by atoms with E-state index >= 15 is 0 Å². The molecule has 3 nitrogen and oxygen atoms in total. The second-order valence-corrected chi connectivity index (χ2v) is 7.02. The van der Waals surface area contributed by atoms with Crippen LogP contribution < -0.4 is 4.74 Å². The number of pyridine rings is 1. The van der Waals surface area contributed by atoms with E-state index in [-0.39, 0.29) is 11.9 Å². The molecule has 1 aromatic heterocycles. The SMILES string of the molecule is Cc1ccc(-c2ccc(OC3CCN4CCCC3C4)nc2)c(F)c1. The summed E-state index contributed by atoms with van der Waals surface area (Å²) in [6.45, 7) is 5.39. The highest BCUT2D eigenvalue weighted by Crippen LogP contribution is 2.30.